The molecule has 5 aromatic rings. The molecule has 0 bridgehead atoms. The van der Waals surface area contributed by atoms with Crippen LogP contribution in [0, 0.1) is 0 Å². The number of phenolic OH excluding ortho intramolecular Hbond substituents is 3. The van der Waals surface area contributed by atoms with Gasteiger partial charge in [0.15, 0.2) is 5.78 Å². The summed E-state index contributed by atoms with van der Waals surface area (Å²) in [4.78, 5) is 11.7. The Kier molecular flexibility index (Phi) is 6.42. The van der Waals surface area contributed by atoms with E-state index in [0.29, 0.717) is 12.2 Å². The average Bonchev–Trinajstić information content (AvgIpc) is 2.90. The predicted molar refractivity (Wildman–Crippen MR) is 144 cm³/mol. The number of hydrogen-bond acceptors (Lipinski definition) is 4. The first-order valence-electron chi connectivity index (χ1n) is 11.9. The molecule has 3 N–H and O–H groups in total. The van der Waals surface area contributed by atoms with Crippen molar-refractivity contribution in [3.8, 4) is 39.5 Å². The maximum atomic E-state index is 11.7. The molecule has 0 unspecified atom stereocenters. The number of fused-ring (bicyclic) bond motifs is 2. The number of ketones is 1. The number of benzene rings is 5. The van der Waals surface area contributed by atoms with E-state index < -0.39 is 0 Å². The number of rotatable bonds is 2. The summed E-state index contributed by atoms with van der Waals surface area (Å²) >= 11 is 0. The fraction of sp³-hybridized carbons (Fsp3) is 0.0938. The highest BCUT2D eigenvalue weighted by Gasteiger charge is 2.17. The fourth-order valence-corrected chi connectivity index (χ4v) is 4.58. The zero-order valence-corrected chi connectivity index (χ0v) is 19.7. The molecule has 0 amide bonds. The molecule has 0 fully saturated rings. The number of aryl methyl sites for hydroxylation is 1. The van der Waals surface area contributed by atoms with Crippen LogP contribution in [0.25, 0.3) is 33.0 Å². The Labute approximate surface area is 209 Å². The molecule has 6 rings (SSSR count). The third-order valence-corrected chi connectivity index (χ3v) is 6.51. The highest BCUT2D eigenvalue weighted by atomic mass is 16.3. The molecule has 1 aliphatic rings. The Morgan fingerprint density at radius 2 is 1.14 bits per heavy atom. The first kappa shape index (κ1) is 23.2. The van der Waals surface area contributed by atoms with Crippen LogP contribution in [0.2, 0.25) is 0 Å². The third kappa shape index (κ3) is 4.93. The van der Waals surface area contributed by atoms with Crippen LogP contribution < -0.4 is 0 Å². The van der Waals surface area contributed by atoms with E-state index in [4.69, 9.17) is 0 Å². The number of carbonyl (C=O) groups is 1. The Morgan fingerprint density at radius 3 is 1.81 bits per heavy atom. The van der Waals surface area contributed by atoms with Gasteiger partial charge in [-0.05, 0) is 82.4 Å². The van der Waals surface area contributed by atoms with Crippen LogP contribution in [0.15, 0.2) is 103 Å². The van der Waals surface area contributed by atoms with Crippen LogP contribution in [-0.2, 0) is 6.42 Å². The summed E-state index contributed by atoms with van der Waals surface area (Å²) < 4.78 is 0. The van der Waals surface area contributed by atoms with Crippen molar-refractivity contribution in [2.45, 2.75) is 19.3 Å². The summed E-state index contributed by atoms with van der Waals surface area (Å²) in [6, 6.07) is 31.6. The number of carbonyl (C=O) groups excluding carboxylic acids is 1. The lowest BCUT2D eigenvalue weighted by molar-refractivity contribution is 0.0972. The second-order valence-electron chi connectivity index (χ2n) is 8.96. The lowest BCUT2D eigenvalue weighted by Gasteiger charge is -2.15. The molecule has 0 heterocycles. The summed E-state index contributed by atoms with van der Waals surface area (Å²) in [7, 11) is 0. The molecule has 0 aliphatic heterocycles. The van der Waals surface area contributed by atoms with Gasteiger partial charge in [-0.2, -0.15) is 0 Å². The van der Waals surface area contributed by atoms with Crippen LogP contribution in [0.5, 0.6) is 17.2 Å². The molecular weight excluding hydrogens is 448 g/mol. The molecular formula is C32H26O4. The highest BCUT2D eigenvalue weighted by Crippen LogP contribution is 2.30. The lowest BCUT2D eigenvalue weighted by atomic mass is 9.88. The predicted octanol–water partition coefficient (Wildman–Crippen LogP) is 7.50. The smallest absolute Gasteiger partial charge is 0.163 e. The van der Waals surface area contributed by atoms with Crippen molar-refractivity contribution in [3.05, 3.63) is 114 Å². The second kappa shape index (κ2) is 9.96. The number of aromatic hydroxyl groups is 3. The summed E-state index contributed by atoms with van der Waals surface area (Å²) in [5, 5.41) is 30.1. The monoisotopic (exact) mass is 474 g/mol. The van der Waals surface area contributed by atoms with Crippen LogP contribution in [-0.4, -0.2) is 21.1 Å². The van der Waals surface area contributed by atoms with Crippen molar-refractivity contribution < 1.29 is 20.1 Å². The maximum Gasteiger partial charge on any atom is 0.163 e. The standard InChI is InChI=1S/C16H14O2.C16H12O2/c2*17-14-7-4-11(5-8-14)12-6-9-15-13(10-12)2-1-3-16(15)18/h4-10,17H,1-3H2;1-10,17-18H. The Morgan fingerprint density at radius 1 is 0.556 bits per heavy atom. The van der Waals surface area contributed by atoms with E-state index in [0.717, 1.165) is 57.0 Å². The molecule has 0 aromatic heterocycles. The van der Waals surface area contributed by atoms with Crippen molar-refractivity contribution >= 4 is 16.6 Å². The first-order chi connectivity index (χ1) is 17.5. The van der Waals surface area contributed by atoms with E-state index in [1.807, 2.05) is 66.7 Å². The van der Waals surface area contributed by atoms with Crippen molar-refractivity contribution in [2.24, 2.45) is 0 Å². The molecule has 4 heteroatoms. The van der Waals surface area contributed by atoms with Crippen molar-refractivity contribution in [3.63, 3.8) is 0 Å². The average molecular weight is 475 g/mol. The van der Waals surface area contributed by atoms with Gasteiger partial charge in [-0.25, -0.2) is 0 Å². The van der Waals surface area contributed by atoms with Crippen molar-refractivity contribution in [2.75, 3.05) is 0 Å². The molecule has 5 aromatic carbocycles. The molecule has 0 spiro atoms. The molecule has 1 aliphatic carbocycles. The van der Waals surface area contributed by atoms with Gasteiger partial charge < -0.3 is 15.3 Å². The maximum absolute atomic E-state index is 11.7. The van der Waals surface area contributed by atoms with Gasteiger partial charge in [-0.1, -0.05) is 66.7 Å². The molecule has 0 radical (unpaired) electrons. The van der Waals surface area contributed by atoms with Gasteiger partial charge in [0.25, 0.3) is 0 Å². The van der Waals surface area contributed by atoms with Crippen molar-refractivity contribution in [1.29, 1.82) is 0 Å². The van der Waals surface area contributed by atoms with E-state index in [1.165, 1.54) is 0 Å². The largest absolute Gasteiger partial charge is 0.508 e. The van der Waals surface area contributed by atoms with Gasteiger partial charge in [-0.15, -0.1) is 0 Å². The van der Waals surface area contributed by atoms with Gasteiger partial charge in [0.2, 0.25) is 0 Å². The van der Waals surface area contributed by atoms with Gasteiger partial charge >= 0.3 is 0 Å². The van der Waals surface area contributed by atoms with Crippen LogP contribution in [0.3, 0.4) is 0 Å². The summed E-state index contributed by atoms with van der Waals surface area (Å²) in [5.41, 5.74) is 6.30. The van der Waals surface area contributed by atoms with E-state index in [1.54, 1.807) is 30.3 Å². The summed E-state index contributed by atoms with van der Waals surface area (Å²) in [5.74, 6) is 1.09. The van der Waals surface area contributed by atoms with E-state index in [-0.39, 0.29) is 17.3 Å². The Bertz CT molecular complexity index is 1530. The molecule has 0 saturated carbocycles. The van der Waals surface area contributed by atoms with E-state index in [2.05, 4.69) is 6.07 Å². The van der Waals surface area contributed by atoms with E-state index in [9.17, 15) is 20.1 Å². The molecule has 0 saturated heterocycles. The zero-order valence-electron chi connectivity index (χ0n) is 19.7. The molecule has 4 nitrogen and oxygen atoms in total. The molecule has 36 heavy (non-hydrogen) atoms. The highest BCUT2D eigenvalue weighted by molar-refractivity contribution is 5.99. The zero-order chi connectivity index (χ0) is 25.1. The van der Waals surface area contributed by atoms with Gasteiger partial charge in [0, 0.05) is 17.4 Å². The quantitative estimate of drug-likeness (QED) is 0.248. The Hall–Kier alpha value is -4.57. The number of phenols is 3. The van der Waals surface area contributed by atoms with Crippen LogP contribution in [0.1, 0.15) is 28.8 Å². The normalized spacial score (nSPS) is 12.5. The van der Waals surface area contributed by atoms with E-state index >= 15 is 0 Å². The number of hydrogen-bond donors (Lipinski definition) is 3. The van der Waals surface area contributed by atoms with Crippen molar-refractivity contribution in [1.82, 2.24) is 0 Å². The van der Waals surface area contributed by atoms with Gasteiger partial charge in [0.1, 0.15) is 17.2 Å². The minimum absolute atomic E-state index is 0.258. The fourth-order valence-electron chi connectivity index (χ4n) is 4.58. The van der Waals surface area contributed by atoms with Crippen LogP contribution in [0.4, 0.5) is 0 Å². The molecule has 0 atom stereocenters. The summed E-state index contributed by atoms with van der Waals surface area (Å²) in [6.07, 6.45) is 2.60. The Balaban J connectivity index is 0.000000148. The summed E-state index contributed by atoms with van der Waals surface area (Å²) in [6.45, 7) is 0. The topological polar surface area (TPSA) is 77.8 Å². The van der Waals surface area contributed by atoms with Gasteiger partial charge in [-0.3, -0.25) is 4.79 Å². The third-order valence-electron chi connectivity index (χ3n) is 6.51. The molecule has 178 valence electrons. The minimum atomic E-state index is 0.258. The van der Waals surface area contributed by atoms with Gasteiger partial charge in [0.05, 0.1) is 0 Å². The second-order valence-corrected chi connectivity index (χ2v) is 8.96. The SMILES string of the molecule is O=C1CCCc2cc(-c3ccc(O)cc3)ccc21.Oc1ccc(-c2ccc3c(O)cccc3c2)cc1. The number of Topliss-reactive ketones (excluding diaryl/α,β-unsaturated/α-hetero) is 1. The minimum Gasteiger partial charge on any atom is -0.508 e. The van der Waals surface area contributed by atoms with Crippen LogP contribution >= 0.6 is 0 Å². The first-order valence-corrected chi connectivity index (χ1v) is 11.9. The lowest BCUT2D eigenvalue weighted by Crippen LogP contribution is -2.10.